The van der Waals surface area contributed by atoms with Crippen molar-refractivity contribution in [1.82, 2.24) is 10.1 Å². The first-order valence-electron chi connectivity index (χ1n) is 9.98. The summed E-state index contributed by atoms with van der Waals surface area (Å²) in [5, 5.41) is 4.59. The molecule has 2 heterocycles. The van der Waals surface area contributed by atoms with E-state index in [4.69, 9.17) is 25.6 Å². The fraction of sp³-hybridized carbons (Fsp3) is 0.125. The van der Waals surface area contributed by atoms with E-state index < -0.39 is 0 Å². The van der Waals surface area contributed by atoms with Crippen molar-refractivity contribution in [3.8, 4) is 22.9 Å². The van der Waals surface area contributed by atoms with Crippen LogP contribution in [0.15, 0.2) is 77.3 Å². The van der Waals surface area contributed by atoms with Crippen LogP contribution in [0.25, 0.3) is 11.4 Å². The fourth-order valence-electron chi connectivity index (χ4n) is 3.36. The van der Waals surface area contributed by atoms with E-state index in [9.17, 15) is 4.79 Å². The molecular weight excluding hydrogens is 430 g/mol. The molecule has 1 aliphatic rings. The molecule has 0 unspecified atom stereocenters. The number of rotatable bonds is 6. The van der Waals surface area contributed by atoms with Gasteiger partial charge in [-0.3, -0.25) is 9.69 Å². The SMILES string of the molecule is O=C1COc2cc(Cl)ccc2N1Cc1nc(-c2ccc(OCc3ccccc3)cc2)no1. The van der Waals surface area contributed by atoms with Crippen LogP contribution >= 0.6 is 11.6 Å². The lowest BCUT2D eigenvalue weighted by Gasteiger charge is -2.28. The van der Waals surface area contributed by atoms with E-state index in [2.05, 4.69) is 10.1 Å². The third-order valence-electron chi connectivity index (χ3n) is 4.99. The third kappa shape index (κ3) is 4.29. The number of carbonyl (C=O) groups excluding carboxylic acids is 1. The molecular formula is C24H18ClN3O4. The van der Waals surface area contributed by atoms with Crippen LogP contribution in [0.1, 0.15) is 11.5 Å². The Kier molecular flexibility index (Phi) is 5.47. The minimum Gasteiger partial charge on any atom is -0.489 e. The zero-order valence-corrected chi connectivity index (χ0v) is 17.7. The molecule has 3 aromatic carbocycles. The fourth-order valence-corrected chi connectivity index (χ4v) is 3.53. The van der Waals surface area contributed by atoms with E-state index >= 15 is 0 Å². The summed E-state index contributed by atoms with van der Waals surface area (Å²) in [6.07, 6.45) is 0. The summed E-state index contributed by atoms with van der Waals surface area (Å²) < 4.78 is 16.7. The molecule has 0 bridgehead atoms. The van der Waals surface area contributed by atoms with Gasteiger partial charge in [-0.1, -0.05) is 47.1 Å². The van der Waals surface area contributed by atoms with Crippen molar-refractivity contribution in [3.63, 3.8) is 0 Å². The third-order valence-corrected chi connectivity index (χ3v) is 5.22. The second kappa shape index (κ2) is 8.72. The van der Waals surface area contributed by atoms with Gasteiger partial charge < -0.3 is 14.0 Å². The molecule has 8 heteroatoms. The summed E-state index contributed by atoms with van der Waals surface area (Å²) in [6, 6.07) is 22.5. The molecule has 0 saturated heterocycles. The molecule has 1 amide bonds. The number of carbonyl (C=O) groups is 1. The first-order valence-corrected chi connectivity index (χ1v) is 10.4. The Bertz CT molecular complexity index is 1240. The van der Waals surface area contributed by atoms with Crippen molar-refractivity contribution in [1.29, 1.82) is 0 Å². The summed E-state index contributed by atoms with van der Waals surface area (Å²) in [4.78, 5) is 18.4. The Morgan fingerprint density at radius 1 is 1.03 bits per heavy atom. The topological polar surface area (TPSA) is 77.7 Å². The summed E-state index contributed by atoms with van der Waals surface area (Å²) in [7, 11) is 0. The van der Waals surface area contributed by atoms with Crippen molar-refractivity contribution in [2.75, 3.05) is 11.5 Å². The summed E-state index contributed by atoms with van der Waals surface area (Å²) >= 11 is 6.02. The number of benzene rings is 3. The minimum atomic E-state index is -0.195. The number of hydrogen-bond acceptors (Lipinski definition) is 6. The van der Waals surface area contributed by atoms with E-state index in [0.717, 1.165) is 16.9 Å². The first kappa shape index (κ1) is 20.1. The Balaban J connectivity index is 1.27. The largest absolute Gasteiger partial charge is 0.489 e. The van der Waals surface area contributed by atoms with Gasteiger partial charge in [-0.25, -0.2) is 0 Å². The van der Waals surface area contributed by atoms with Crippen molar-refractivity contribution in [2.24, 2.45) is 0 Å². The van der Waals surface area contributed by atoms with Crippen LogP contribution in [0.4, 0.5) is 5.69 Å². The van der Waals surface area contributed by atoms with E-state index in [1.54, 1.807) is 23.1 Å². The lowest BCUT2D eigenvalue weighted by atomic mass is 10.2. The molecule has 1 aromatic heterocycles. The second-order valence-electron chi connectivity index (χ2n) is 7.19. The summed E-state index contributed by atoms with van der Waals surface area (Å²) in [5.41, 5.74) is 2.50. The maximum absolute atomic E-state index is 12.4. The molecule has 5 rings (SSSR count). The zero-order chi connectivity index (χ0) is 21.9. The number of aromatic nitrogens is 2. The van der Waals surface area contributed by atoms with Crippen molar-refractivity contribution in [2.45, 2.75) is 13.2 Å². The molecule has 4 aromatic rings. The van der Waals surface area contributed by atoms with Gasteiger partial charge in [0, 0.05) is 16.7 Å². The van der Waals surface area contributed by atoms with Crippen LogP contribution < -0.4 is 14.4 Å². The Morgan fingerprint density at radius 3 is 2.66 bits per heavy atom. The predicted octanol–water partition coefficient (Wildman–Crippen LogP) is 4.89. The molecule has 0 radical (unpaired) electrons. The summed E-state index contributed by atoms with van der Waals surface area (Å²) in [5.74, 6) is 1.85. The van der Waals surface area contributed by atoms with Gasteiger partial charge in [-0.15, -0.1) is 0 Å². The summed E-state index contributed by atoms with van der Waals surface area (Å²) in [6.45, 7) is 0.563. The van der Waals surface area contributed by atoms with Crippen LogP contribution in [0.2, 0.25) is 5.02 Å². The van der Waals surface area contributed by atoms with Gasteiger partial charge in [0.15, 0.2) is 6.61 Å². The second-order valence-corrected chi connectivity index (χ2v) is 7.63. The maximum Gasteiger partial charge on any atom is 0.265 e. The number of amides is 1. The monoisotopic (exact) mass is 447 g/mol. The number of ether oxygens (including phenoxy) is 2. The number of nitrogens with zero attached hydrogens (tertiary/aromatic N) is 3. The number of fused-ring (bicyclic) bond motifs is 1. The van der Waals surface area contributed by atoms with Gasteiger partial charge >= 0.3 is 0 Å². The van der Waals surface area contributed by atoms with Crippen LogP contribution in [0, 0.1) is 0 Å². The molecule has 0 N–H and O–H groups in total. The smallest absolute Gasteiger partial charge is 0.265 e. The number of anilines is 1. The van der Waals surface area contributed by atoms with Crippen LogP contribution in [-0.4, -0.2) is 22.7 Å². The molecule has 32 heavy (non-hydrogen) atoms. The average molecular weight is 448 g/mol. The first-order chi connectivity index (χ1) is 15.7. The number of halogens is 1. The van der Waals surface area contributed by atoms with Gasteiger partial charge in [0.05, 0.1) is 5.69 Å². The highest BCUT2D eigenvalue weighted by molar-refractivity contribution is 6.30. The van der Waals surface area contributed by atoms with Gasteiger partial charge in [-0.05, 0) is 42.0 Å². The van der Waals surface area contributed by atoms with Crippen LogP contribution in [0.5, 0.6) is 11.5 Å². The Labute approximate surface area is 189 Å². The molecule has 160 valence electrons. The standard InChI is InChI=1S/C24H18ClN3O4/c25-18-8-11-20-21(12-18)31-15-23(29)28(20)13-22-26-24(27-32-22)17-6-9-19(10-7-17)30-14-16-4-2-1-3-5-16/h1-12H,13-15H2. The van der Waals surface area contributed by atoms with E-state index in [-0.39, 0.29) is 19.1 Å². The van der Waals surface area contributed by atoms with Crippen molar-refractivity contribution >= 4 is 23.2 Å². The molecule has 0 atom stereocenters. The highest BCUT2D eigenvalue weighted by atomic mass is 35.5. The van der Waals surface area contributed by atoms with Crippen molar-refractivity contribution < 1.29 is 18.8 Å². The van der Waals surface area contributed by atoms with Gasteiger partial charge in [0.25, 0.3) is 5.91 Å². The highest BCUT2D eigenvalue weighted by Crippen LogP contribution is 2.35. The maximum atomic E-state index is 12.4. The van der Waals surface area contributed by atoms with Crippen molar-refractivity contribution in [3.05, 3.63) is 89.3 Å². The Hall–Kier alpha value is -3.84. The molecule has 0 spiro atoms. The lowest BCUT2D eigenvalue weighted by molar-refractivity contribution is -0.121. The van der Waals surface area contributed by atoms with E-state index in [1.807, 2.05) is 54.6 Å². The Morgan fingerprint density at radius 2 is 1.84 bits per heavy atom. The normalized spacial score (nSPS) is 12.9. The molecule has 0 aliphatic carbocycles. The van der Waals surface area contributed by atoms with Gasteiger partial charge in [0.1, 0.15) is 24.7 Å². The molecule has 1 aliphatic heterocycles. The van der Waals surface area contributed by atoms with Crippen LogP contribution in [0.3, 0.4) is 0 Å². The highest BCUT2D eigenvalue weighted by Gasteiger charge is 2.27. The number of hydrogen-bond donors (Lipinski definition) is 0. The minimum absolute atomic E-state index is 0.0707. The van der Waals surface area contributed by atoms with E-state index in [0.29, 0.717) is 34.8 Å². The van der Waals surface area contributed by atoms with Gasteiger partial charge in [-0.2, -0.15) is 4.98 Å². The predicted molar refractivity (Wildman–Crippen MR) is 119 cm³/mol. The quantitative estimate of drug-likeness (QED) is 0.418. The molecule has 7 nitrogen and oxygen atoms in total. The van der Waals surface area contributed by atoms with E-state index in [1.165, 1.54) is 0 Å². The zero-order valence-electron chi connectivity index (χ0n) is 16.9. The van der Waals surface area contributed by atoms with Gasteiger partial charge in [0.2, 0.25) is 11.7 Å². The molecule has 0 fully saturated rings. The lowest BCUT2D eigenvalue weighted by Crippen LogP contribution is -2.38. The molecule has 0 saturated carbocycles. The van der Waals surface area contributed by atoms with Crippen LogP contribution in [-0.2, 0) is 17.9 Å². The average Bonchev–Trinajstić information content (AvgIpc) is 3.29.